The van der Waals surface area contributed by atoms with Crippen LogP contribution in [0, 0.1) is 0 Å². The second-order valence-corrected chi connectivity index (χ2v) is 2.02. The number of nitrogens with one attached hydrogen (secondary N) is 1. The first-order chi connectivity index (χ1) is 4.30. The molecule has 0 saturated carbocycles. The van der Waals surface area contributed by atoms with Crippen molar-refractivity contribution in [2.75, 3.05) is 26.2 Å². The summed E-state index contributed by atoms with van der Waals surface area (Å²) in [6, 6.07) is 0. The summed E-state index contributed by atoms with van der Waals surface area (Å²) in [5.74, 6) is 0. The van der Waals surface area contributed by atoms with Crippen molar-refractivity contribution >= 4 is 57.5 Å². The van der Waals surface area contributed by atoms with Crippen molar-refractivity contribution in [3.05, 3.63) is 0 Å². The summed E-state index contributed by atoms with van der Waals surface area (Å²) in [5.41, 5.74) is 0. The van der Waals surface area contributed by atoms with E-state index in [1.807, 2.05) is 0 Å². The Morgan fingerprint density at radius 3 is 2.20 bits per heavy atom. The van der Waals surface area contributed by atoms with Crippen molar-refractivity contribution in [1.82, 2.24) is 10.2 Å². The van der Waals surface area contributed by atoms with Gasteiger partial charge in [0.1, 0.15) is 0 Å². The molecule has 0 aliphatic carbocycles. The molecule has 1 fully saturated rings. The zero-order valence-electron chi connectivity index (χ0n) is 5.13. The van der Waals surface area contributed by atoms with Crippen LogP contribution in [0.5, 0.6) is 0 Å². The molecular formula is C5H11KN2O2. The van der Waals surface area contributed by atoms with E-state index in [9.17, 15) is 4.79 Å². The molecule has 1 saturated heterocycles. The molecule has 0 radical (unpaired) electrons. The average molecular weight is 170 g/mol. The van der Waals surface area contributed by atoms with Gasteiger partial charge in [0.05, 0.1) is 0 Å². The third-order valence-electron chi connectivity index (χ3n) is 1.39. The normalized spacial score (nSPS) is 17.8. The van der Waals surface area contributed by atoms with Gasteiger partial charge in [-0.25, -0.2) is 4.79 Å². The summed E-state index contributed by atoms with van der Waals surface area (Å²) in [6.45, 7) is 2.81. The maximum atomic E-state index is 10.3. The van der Waals surface area contributed by atoms with Gasteiger partial charge in [0.15, 0.2) is 0 Å². The Kier molecular flexibility index (Phi) is 5.99. The molecule has 54 valence electrons. The molecule has 0 unspecified atom stereocenters. The summed E-state index contributed by atoms with van der Waals surface area (Å²) in [6.07, 6.45) is -0.809. The number of carboxylic acid groups (broad SMARTS) is 1. The van der Waals surface area contributed by atoms with Gasteiger partial charge in [0, 0.05) is 26.2 Å². The van der Waals surface area contributed by atoms with E-state index in [1.54, 1.807) is 0 Å². The van der Waals surface area contributed by atoms with Gasteiger partial charge in [-0.3, -0.25) is 0 Å². The van der Waals surface area contributed by atoms with E-state index < -0.39 is 6.09 Å². The van der Waals surface area contributed by atoms with Gasteiger partial charge in [-0.2, -0.15) is 0 Å². The van der Waals surface area contributed by atoms with Crippen molar-refractivity contribution in [2.45, 2.75) is 0 Å². The first-order valence-electron chi connectivity index (χ1n) is 2.99. The predicted molar refractivity (Wildman–Crippen MR) is 39.6 cm³/mol. The summed E-state index contributed by atoms with van der Waals surface area (Å²) in [7, 11) is 0. The van der Waals surface area contributed by atoms with Crippen LogP contribution in [0.3, 0.4) is 0 Å². The fraction of sp³-hybridized carbons (Fsp3) is 0.800. The van der Waals surface area contributed by atoms with E-state index >= 15 is 0 Å². The molecule has 0 aromatic rings. The van der Waals surface area contributed by atoms with Crippen LogP contribution in [-0.4, -0.2) is 93.7 Å². The van der Waals surface area contributed by atoms with Gasteiger partial charge in [-0.1, -0.05) is 0 Å². The van der Waals surface area contributed by atoms with Crippen LogP contribution >= 0.6 is 0 Å². The van der Waals surface area contributed by atoms with Crippen LogP contribution in [0.1, 0.15) is 0 Å². The number of rotatable bonds is 0. The molecule has 0 atom stereocenters. The summed E-state index contributed by atoms with van der Waals surface area (Å²) >= 11 is 0. The average Bonchev–Trinajstić information content (AvgIpc) is 1.90. The summed E-state index contributed by atoms with van der Waals surface area (Å²) in [4.78, 5) is 11.7. The Labute approximate surface area is 102 Å². The van der Waals surface area contributed by atoms with Gasteiger partial charge in [-0.15, -0.1) is 0 Å². The minimum atomic E-state index is -0.809. The van der Waals surface area contributed by atoms with Crippen LogP contribution in [0.2, 0.25) is 0 Å². The number of hydrogen-bond donors (Lipinski definition) is 2. The van der Waals surface area contributed by atoms with Crippen LogP contribution in [0.25, 0.3) is 0 Å². The molecule has 1 aliphatic rings. The fourth-order valence-corrected chi connectivity index (χ4v) is 0.856. The summed E-state index contributed by atoms with van der Waals surface area (Å²) in [5, 5.41) is 11.5. The van der Waals surface area contributed by atoms with Crippen LogP contribution < -0.4 is 5.32 Å². The Morgan fingerprint density at radius 2 is 1.90 bits per heavy atom. The van der Waals surface area contributed by atoms with E-state index in [0.29, 0.717) is 13.1 Å². The molecule has 1 rings (SSSR count). The van der Waals surface area contributed by atoms with Gasteiger partial charge < -0.3 is 15.3 Å². The number of amides is 1. The molecule has 0 spiro atoms. The van der Waals surface area contributed by atoms with Crippen molar-refractivity contribution in [3.8, 4) is 0 Å². The minimum absolute atomic E-state index is 0. The maximum absolute atomic E-state index is 10.3. The molecule has 0 aromatic carbocycles. The topological polar surface area (TPSA) is 52.6 Å². The third-order valence-corrected chi connectivity index (χ3v) is 1.39. The first-order valence-corrected chi connectivity index (χ1v) is 2.99. The van der Waals surface area contributed by atoms with Gasteiger partial charge in [0.25, 0.3) is 0 Å². The Morgan fingerprint density at radius 1 is 1.40 bits per heavy atom. The van der Waals surface area contributed by atoms with Crippen LogP contribution in [-0.2, 0) is 0 Å². The van der Waals surface area contributed by atoms with Crippen molar-refractivity contribution in [3.63, 3.8) is 0 Å². The molecule has 5 heteroatoms. The second-order valence-electron chi connectivity index (χ2n) is 2.02. The number of carbonyl (C=O) groups is 1. The van der Waals surface area contributed by atoms with Gasteiger partial charge in [-0.05, 0) is 0 Å². The van der Waals surface area contributed by atoms with Crippen LogP contribution in [0.4, 0.5) is 4.79 Å². The molecule has 1 heterocycles. The molecule has 0 bridgehead atoms. The molecule has 1 aliphatic heterocycles. The molecule has 1 amide bonds. The van der Waals surface area contributed by atoms with Crippen molar-refractivity contribution in [1.29, 1.82) is 0 Å². The second kappa shape index (κ2) is 5.51. The third kappa shape index (κ3) is 3.31. The SMILES string of the molecule is O=C(O)N1CCNCC1.[KH]. The standard InChI is InChI=1S/C5H10N2O2.K.H/c8-5(9)7-3-1-6-2-4-7;;/h6H,1-4H2,(H,8,9);;. The van der Waals surface area contributed by atoms with Crippen molar-refractivity contribution in [2.24, 2.45) is 0 Å². The van der Waals surface area contributed by atoms with Crippen LogP contribution in [0.15, 0.2) is 0 Å². The predicted octanol–water partition coefficient (Wildman–Crippen LogP) is -1.08. The number of hydrogen-bond acceptors (Lipinski definition) is 2. The molecule has 4 nitrogen and oxygen atoms in total. The van der Waals surface area contributed by atoms with E-state index in [0.717, 1.165) is 13.1 Å². The monoisotopic (exact) mass is 170 g/mol. The molecular weight excluding hydrogens is 159 g/mol. The first kappa shape index (κ1) is 10.9. The van der Waals surface area contributed by atoms with E-state index in [-0.39, 0.29) is 51.4 Å². The number of nitrogens with zero attached hydrogens (tertiary/aromatic N) is 1. The fourth-order valence-electron chi connectivity index (χ4n) is 0.856. The number of piperazine rings is 1. The molecule has 0 aromatic heterocycles. The molecule has 10 heavy (non-hydrogen) atoms. The Bertz CT molecular complexity index is 114. The Hall–Kier alpha value is 0.866. The zero-order chi connectivity index (χ0) is 6.69. The van der Waals surface area contributed by atoms with Crippen molar-refractivity contribution < 1.29 is 9.90 Å². The summed E-state index contributed by atoms with van der Waals surface area (Å²) < 4.78 is 0. The van der Waals surface area contributed by atoms with E-state index in [4.69, 9.17) is 5.11 Å². The molecule has 2 N–H and O–H groups in total. The quantitative estimate of drug-likeness (QED) is 0.455. The van der Waals surface area contributed by atoms with E-state index in [2.05, 4.69) is 5.32 Å². The van der Waals surface area contributed by atoms with Gasteiger partial charge in [0.2, 0.25) is 0 Å². The van der Waals surface area contributed by atoms with E-state index in [1.165, 1.54) is 4.90 Å². The zero-order valence-corrected chi connectivity index (χ0v) is 5.13. The Balaban J connectivity index is 0.000000810. The van der Waals surface area contributed by atoms with Gasteiger partial charge >= 0.3 is 57.5 Å².